The van der Waals surface area contributed by atoms with Crippen LogP contribution in [0.2, 0.25) is 0 Å². The number of hydrogen-bond donors (Lipinski definition) is 1. The van der Waals surface area contributed by atoms with E-state index in [-0.39, 0.29) is 5.54 Å². The van der Waals surface area contributed by atoms with E-state index in [2.05, 4.69) is 55.7 Å². The van der Waals surface area contributed by atoms with Crippen molar-refractivity contribution in [2.75, 3.05) is 6.54 Å². The Morgan fingerprint density at radius 2 is 2.15 bits per heavy atom. The largest absolute Gasteiger partial charge is 0.302 e. The first-order valence-electron chi connectivity index (χ1n) is 7.46. The van der Waals surface area contributed by atoms with Gasteiger partial charge in [-0.1, -0.05) is 45.0 Å². The molecule has 1 aromatic carbocycles. The van der Waals surface area contributed by atoms with Crippen LogP contribution in [0, 0.1) is 0 Å². The minimum atomic E-state index is -0.0663. The summed E-state index contributed by atoms with van der Waals surface area (Å²) >= 11 is 1.80. The van der Waals surface area contributed by atoms with Crippen LogP contribution in [0.25, 0.3) is 0 Å². The number of nitrogens with zero attached hydrogens (tertiary/aromatic N) is 1. The molecule has 1 atom stereocenters. The van der Waals surface area contributed by atoms with Gasteiger partial charge in [0.1, 0.15) is 5.01 Å². The van der Waals surface area contributed by atoms with E-state index in [1.165, 1.54) is 21.8 Å². The highest BCUT2D eigenvalue weighted by molar-refractivity contribution is 7.09. The van der Waals surface area contributed by atoms with E-state index in [1.54, 1.807) is 11.3 Å². The Morgan fingerprint density at radius 1 is 1.35 bits per heavy atom. The maximum atomic E-state index is 4.94. The predicted molar refractivity (Wildman–Crippen MR) is 85.4 cm³/mol. The van der Waals surface area contributed by atoms with E-state index in [0.717, 1.165) is 19.4 Å². The van der Waals surface area contributed by atoms with Gasteiger partial charge in [0.05, 0.1) is 11.2 Å². The molecule has 0 amide bonds. The van der Waals surface area contributed by atoms with Crippen LogP contribution in [0.1, 0.15) is 54.9 Å². The highest BCUT2D eigenvalue weighted by atomic mass is 32.1. The fourth-order valence-electron chi connectivity index (χ4n) is 3.14. The van der Waals surface area contributed by atoms with Crippen LogP contribution in [0.4, 0.5) is 0 Å². The van der Waals surface area contributed by atoms with Crippen LogP contribution in [-0.4, -0.2) is 11.5 Å². The average molecular weight is 286 g/mol. The number of aromatic nitrogens is 1. The van der Waals surface area contributed by atoms with Gasteiger partial charge in [0.15, 0.2) is 0 Å². The second kappa shape index (κ2) is 5.30. The zero-order valence-corrected chi connectivity index (χ0v) is 13.3. The van der Waals surface area contributed by atoms with Crippen LogP contribution in [0.15, 0.2) is 29.6 Å². The fraction of sp³-hybridized carbons (Fsp3) is 0.471. The molecule has 1 heterocycles. The second-order valence-corrected chi connectivity index (χ2v) is 6.68. The zero-order valence-electron chi connectivity index (χ0n) is 12.4. The van der Waals surface area contributed by atoms with Crippen molar-refractivity contribution in [3.05, 3.63) is 51.5 Å². The van der Waals surface area contributed by atoms with E-state index in [9.17, 15) is 0 Å². The first-order chi connectivity index (χ1) is 9.67. The summed E-state index contributed by atoms with van der Waals surface area (Å²) in [7, 11) is 0. The topological polar surface area (TPSA) is 24.9 Å². The molecule has 1 aliphatic rings. The van der Waals surface area contributed by atoms with Crippen molar-refractivity contribution in [1.82, 2.24) is 10.3 Å². The molecule has 0 saturated heterocycles. The Hall–Kier alpha value is -1.19. The lowest BCUT2D eigenvalue weighted by molar-refractivity contribution is 0.406. The molecule has 1 unspecified atom stereocenters. The van der Waals surface area contributed by atoms with E-state index >= 15 is 0 Å². The van der Waals surface area contributed by atoms with Gasteiger partial charge in [-0.25, -0.2) is 4.98 Å². The number of rotatable bonds is 4. The Balaban J connectivity index is 2.09. The van der Waals surface area contributed by atoms with Crippen molar-refractivity contribution in [2.45, 2.75) is 45.1 Å². The van der Waals surface area contributed by atoms with Crippen molar-refractivity contribution in [2.24, 2.45) is 0 Å². The minimum absolute atomic E-state index is 0.0663. The maximum Gasteiger partial charge on any atom is 0.118 e. The van der Waals surface area contributed by atoms with Gasteiger partial charge in [-0.2, -0.15) is 0 Å². The molecule has 3 rings (SSSR count). The molecule has 3 heteroatoms. The van der Waals surface area contributed by atoms with Crippen molar-refractivity contribution < 1.29 is 0 Å². The number of hydrogen-bond acceptors (Lipinski definition) is 3. The van der Waals surface area contributed by atoms with Crippen molar-refractivity contribution in [3.63, 3.8) is 0 Å². The summed E-state index contributed by atoms with van der Waals surface area (Å²) in [6, 6.07) is 8.81. The van der Waals surface area contributed by atoms with Gasteiger partial charge < -0.3 is 5.32 Å². The lowest BCUT2D eigenvalue weighted by Crippen LogP contribution is -2.41. The Labute approximate surface area is 125 Å². The Morgan fingerprint density at radius 3 is 2.85 bits per heavy atom. The molecular formula is C17H22N2S. The van der Waals surface area contributed by atoms with E-state index in [0.29, 0.717) is 5.92 Å². The molecule has 1 N–H and O–H groups in total. The number of aryl methyl sites for hydroxylation is 1. The van der Waals surface area contributed by atoms with Crippen LogP contribution in [-0.2, 0) is 12.0 Å². The van der Waals surface area contributed by atoms with Crippen molar-refractivity contribution >= 4 is 11.3 Å². The summed E-state index contributed by atoms with van der Waals surface area (Å²) in [6.45, 7) is 7.56. The molecular weight excluding hydrogens is 264 g/mol. The summed E-state index contributed by atoms with van der Waals surface area (Å²) in [5.74, 6) is 0.496. The zero-order chi connectivity index (χ0) is 14.2. The van der Waals surface area contributed by atoms with Gasteiger partial charge in [-0.3, -0.25) is 0 Å². The molecule has 0 aliphatic heterocycles. The Kier molecular flexibility index (Phi) is 3.65. The van der Waals surface area contributed by atoms with Crippen molar-refractivity contribution in [1.29, 1.82) is 0 Å². The predicted octanol–water partition coefficient (Wildman–Crippen LogP) is 4.07. The van der Waals surface area contributed by atoms with E-state index < -0.39 is 0 Å². The average Bonchev–Trinajstić information content (AvgIpc) is 3.05. The van der Waals surface area contributed by atoms with Crippen molar-refractivity contribution in [3.8, 4) is 0 Å². The smallest absolute Gasteiger partial charge is 0.118 e. The van der Waals surface area contributed by atoms with Crippen LogP contribution in [0.3, 0.4) is 0 Å². The maximum absolute atomic E-state index is 4.94. The number of fused-ring (bicyclic) bond motifs is 1. The molecule has 2 nitrogen and oxygen atoms in total. The third-order valence-electron chi connectivity index (χ3n) is 4.20. The second-order valence-electron chi connectivity index (χ2n) is 5.83. The standard InChI is InChI=1S/C17H22N2S/c1-4-18-17(16-19-15(11-20-16)12(2)3)10-9-13-7-5-6-8-14(13)17/h5-8,11-12,18H,4,9-10H2,1-3H3. The molecule has 0 bridgehead atoms. The SMILES string of the molecule is CCNC1(c2nc(C(C)C)cs2)CCc2ccccc21. The molecule has 106 valence electrons. The normalized spacial score (nSPS) is 21.4. The van der Waals surface area contributed by atoms with Crippen LogP contribution in [0.5, 0.6) is 0 Å². The highest BCUT2D eigenvalue weighted by Gasteiger charge is 2.41. The van der Waals surface area contributed by atoms with E-state index in [1.807, 2.05) is 0 Å². The highest BCUT2D eigenvalue weighted by Crippen LogP contribution is 2.43. The van der Waals surface area contributed by atoms with Gasteiger partial charge >= 0.3 is 0 Å². The van der Waals surface area contributed by atoms with Gasteiger partial charge in [0.25, 0.3) is 0 Å². The van der Waals surface area contributed by atoms with Crippen LogP contribution >= 0.6 is 11.3 Å². The van der Waals surface area contributed by atoms with Crippen LogP contribution < -0.4 is 5.32 Å². The molecule has 1 aliphatic carbocycles. The number of benzene rings is 1. The monoisotopic (exact) mass is 286 g/mol. The third-order valence-corrected chi connectivity index (χ3v) is 5.23. The summed E-state index contributed by atoms with van der Waals surface area (Å²) in [4.78, 5) is 4.94. The third kappa shape index (κ3) is 2.09. The summed E-state index contributed by atoms with van der Waals surface area (Å²) < 4.78 is 0. The van der Waals surface area contributed by atoms with Gasteiger partial charge in [0.2, 0.25) is 0 Å². The summed E-state index contributed by atoms with van der Waals surface area (Å²) in [5, 5.41) is 7.18. The number of nitrogens with one attached hydrogen (secondary N) is 1. The molecule has 0 spiro atoms. The quantitative estimate of drug-likeness (QED) is 0.916. The van der Waals surface area contributed by atoms with Gasteiger partial charge in [0, 0.05) is 5.38 Å². The molecule has 0 radical (unpaired) electrons. The minimum Gasteiger partial charge on any atom is -0.302 e. The number of thiazole rings is 1. The van der Waals surface area contributed by atoms with Gasteiger partial charge in [-0.15, -0.1) is 11.3 Å². The summed E-state index contributed by atoms with van der Waals surface area (Å²) in [6.07, 6.45) is 2.25. The molecule has 1 aromatic heterocycles. The first-order valence-corrected chi connectivity index (χ1v) is 8.34. The first kappa shape index (κ1) is 13.8. The fourth-order valence-corrected chi connectivity index (χ4v) is 4.34. The molecule has 0 fully saturated rings. The van der Waals surface area contributed by atoms with E-state index in [4.69, 9.17) is 4.98 Å². The lowest BCUT2D eigenvalue weighted by Gasteiger charge is -2.29. The summed E-state index contributed by atoms with van der Waals surface area (Å²) in [5.41, 5.74) is 4.04. The Bertz CT molecular complexity index is 599. The lowest BCUT2D eigenvalue weighted by atomic mass is 9.92. The molecule has 2 aromatic rings. The molecule has 20 heavy (non-hydrogen) atoms. The van der Waals surface area contributed by atoms with Gasteiger partial charge in [-0.05, 0) is 36.4 Å². The molecule has 0 saturated carbocycles.